The summed E-state index contributed by atoms with van der Waals surface area (Å²) >= 11 is 0. The standard InChI is InChI=1S/C25H22FN7O3/c26-17-9-22(25(36)31-18-2-1-6-28-11-18)33(12-17)23(34)14-32-13-20(24(27)35)19-8-15(3-4-21(19)32)16-5-7-29-30-10-16/h1-8,10-11,13,17,22H,9,12,14H2,(H2,27,35)(H,31,36)/t17-,22+/m1/s1. The SMILES string of the molecule is NC(=O)c1cn(CC(=O)N2C[C@H](F)C[C@H]2C(=O)Nc2cccnc2)c2ccc(-c3ccnnc3)cc12. The number of hydrogen-bond donors (Lipinski definition) is 2. The molecule has 1 saturated heterocycles. The zero-order valence-corrected chi connectivity index (χ0v) is 19.0. The van der Waals surface area contributed by atoms with Crippen LogP contribution in [0.3, 0.4) is 0 Å². The van der Waals surface area contributed by atoms with E-state index >= 15 is 0 Å². The van der Waals surface area contributed by atoms with Crippen LogP contribution in [0.15, 0.2) is 67.4 Å². The summed E-state index contributed by atoms with van der Waals surface area (Å²) in [6.07, 6.45) is 6.29. The molecule has 0 aliphatic carbocycles. The lowest BCUT2D eigenvalue weighted by Gasteiger charge is -2.24. The van der Waals surface area contributed by atoms with Gasteiger partial charge in [0.25, 0.3) is 5.91 Å². The smallest absolute Gasteiger partial charge is 0.250 e. The van der Waals surface area contributed by atoms with E-state index in [1.54, 1.807) is 53.5 Å². The Hall–Kier alpha value is -4.67. The number of aromatic nitrogens is 4. The number of carbonyl (C=O) groups is 3. The Labute approximate surface area is 204 Å². The quantitative estimate of drug-likeness (QED) is 0.428. The molecule has 0 saturated carbocycles. The summed E-state index contributed by atoms with van der Waals surface area (Å²) in [5.41, 5.74) is 8.53. The average Bonchev–Trinajstić information content (AvgIpc) is 3.46. The lowest BCUT2D eigenvalue weighted by atomic mass is 10.0. The van der Waals surface area contributed by atoms with Gasteiger partial charge in [-0.2, -0.15) is 10.2 Å². The summed E-state index contributed by atoms with van der Waals surface area (Å²) in [5.74, 6) is -1.57. The molecular formula is C25H22FN7O3. The summed E-state index contributed by atoms with van der Waals surface area (Å²) in [4.78, 5) is 43.4. The third-order valence-electron chi connectivity index (χ3n) is 6.17. The van der Waals surface area contributed by atoms with Crippen LogP contribution in [0.2, 0.25) is 0 Å². The predicted molar refractivity (Wildman–Crippen MR) is 129 cm³/mol. The third kappa shape index (κ3) is 4.50. The van der Waals surface area contributed by atoms with E-state index < -0.39 is 29.9 Å². The van der Waals surface area contributed by atoms with Gasteiger partial charge in [-0.15, -0.1) is 0 Å². The number of nitrogens with zero attached hydrogens (tertiary/aromatic N) is 5. The number of halogens is 1. The maximum atomic E-state index is 14.3. The van der Waals surface area contributed by atoms with Gasteiger partial charge in [-0.25, -0.2) is 4.39 Å². The number of pyridine rings is 1. The maximum absolute atomic E-state index is 14.3. The second-order valence-electron chi connectivity index (χ2n) is 8.52. The van der Waals surface area contributed by atoms with Crippen molar-refractivity contribution in [3.8, 4) is 11.1 Å². The monoisotopic (exact) mass is 487 g/mol. The first-order chi connectivity index (χ1) is 17.4. The van der Waals surface area contributed by atoms with Crippen molar-refractivity contribution in [1.82, 2.24) is 24.6 Å². The molecule has 0 bridgehead atoms. The van der Waals surface area contributed by atoms with E-state index in [1.807, 2.05) is 6.07 Å². The van der Waals surface area contributed by atoms with Crippen molar-refractivity contribution in [2.45, 2.75) is 25.2 Å². The van der Waals surface area contributed by atoms with Crippen molar-refractivity contribution in [1.29, 1.82) is 0 Å². The molecule has 182 valence electrons. The molecule has 10 nitrogen and oxygen atoms in total. The highest BCUT2D eigenvalue weighted by Crippen LogP contribution is 2.29. The fraction of sp³-hybridized carbons (Fsp3) is 0.200. The van der Waals surface area contributed by atoms with Crippen LogP contribution in [-0.4, -0.2) is 61.1 Å². The molecule has 3 N–H and O–H groups in total. The Morgan fingerprint density at radius 2 is 1.94 bits per heavy atom. The molecule has 3 aromatic heterocycles. The Kier molecular flexibility index (Phi) is 6.11. The fourth-order valence-electron chi connectivity index (χ4n) is 4.47. The highest BCUT2D eigenvalue weighted by atomic mass is 19.1. The van der Waals surface area contributed by atoms with Crippen molar-refractivity contribution in [3.05, 3.63) is 72.9 Å². The molecule has 5 rings (SSSR count). The number of nitrogens with one attached hydrogen (secondary N) is 1. The molecular weight excluding hydrogens is 465 g/mol. The minimum Gasteiger partial charge on any atom is -0.366 e. The van der Waals surface area contributed by atoms with Crippen LogP contribution in [0.5, 0.6) is 0 Å². The van der Waals surface area contributed by atoms with E-state index in [0.717, 1.165) is 11.1 Å². The molecule has 36 heavy (non-hydrogen) atoms. The summed E-state index contributed by atoms with van der Waals surface area (Å²) in [6, 6.07) is 9.56. The number of amides is 3. The van der Waals surface area contributed by atoms with Gasteiger partial charge in [0.1, 0.15) is 18.8 Å². The Morgan fingerprint density at radius 1 is 1.08 bits per heavy atom. The van der Waals surface area contributed by atoms with Crippen molar-refractivity contribution in [2.75, 3.05) is 11.9 Å². The summed E-state index contributed by atoms with van der Waals surface area (Å²) < 4.78 is 15.9. The molecule has 1 aromatic carbocycles. The van der Waals surface area contributed by atoms with Crippen molar-refractivity contribution in [3.63, 3.8) is 0 Å². The van der Waals surface area contributed by atoms with E-state index in [-0.39, 0.29) is 25.1 Å². The zero-order chi connectivity index (χ0) is 25.2. The van der Waals surface area contributed by atoms with Gasteiger partial charge in [-0.05, 0) is 35.9 Å². The first kappa shape index (κ1) is 23.1. The van der Waals surface area contributed by atoms with Gasteiger partial charge in [0.15, 0.2) is 0 Å². The van der Waals surface area contributed by atoms with Gasteiger partial charge < -0.3 is 20.5 Å². The highest BCUT2D eigenvalue weighted by molar-refractivity contribution is 6.07. The van der Waals surface area contributed by atoms with E-state index in [4.69, 9.17) is 5.73 Å². The first-order valence-corrected chi connectivity index (χ1v) is 11.2. The van der Waals surface area contributed by atoms with Crippen LogP contribution in [0.4, 0.5) is 10.1 Å². The molecule has 11 heteroatoms. The zero-order valence-electron chi connectivity index (χ0n) is 19.0. The number of primary amides is 1. The average molecular weight is 487 g/mol. The number of likely N-dealkylation sites (tertiary alicyclic amines) is 1. The Bertz CT molecular complexity index is 1440. The number of carbonyl (C=O) groups excluding carboxylic acids is 3. The van der Waals surface area contributed by atoms with Gasteiger partial charge in [-0.3, -0.25) is 19.4 Å². The summed E-state index contributed by atoms with van der Waals surface area (Å²) in [7, 11) is 0. The van der Waals surface area contributed by atoms with Gasteiger partial charge in [0.2, 0.25) is 11.8 Å². The van der Waals surface area contributed by atoms with E-state index in [9.17, 15) is 18.8 Å². The lowest BCUT2D eigenvalue weighted by molar-refractivity contribution is -0.137. The molecule has 2 atom stereocenters. The number of benzene rings is 1. The topological polar surface area (TPSA) is 136 Å². The van der Waals surface area contributed by atoms with Crippen LogP contribution in [0.1, 0.15) is 16.8 Å². The second-order valence-corrected chi connectivity index (χ2v) is 8.52. The van der Waals surface area contributed by atoms with Gasteiger partial charge in [-0.1, -0.05) is 6.07 Å². The molecule has 1 aliphatic rings. The first-order valence-electron chi connectivity index (χ1n) is 11.2. The third-order valence-corrected chi connectivity index (χ3v) is 6.17. The molecule has 0 unspecified atom stereocenters. The number of hydrogen-bond acceptors (Lipinski definition) is 6. The molecule has 0 radical (unpaired) electrons. The van der Waals surface area contributed by atoms with E-state index in [1.165, 1.54) is 17.3 Å². The van der Waals surface area contributed by atoms with E-state index in [2.05, 4.69) is 20.5 Å². The largest absolute Gasteiger partial charge is 0.366 e. The van der Waals surface area contributed by atoms with Crippen molar-refractivity contribution < 1.29 is 18.8 Å². The number of alkyl halides is 1. The highest BCUT2D eigenvalue weighted by Gasteiger charge is 2.40. The van der Waals surface area contributed by atoms with Crippen LogP contribution in [0.25, 0.3) is 22.0 Å². The molecule has 4 heterocycles. The minimum absolute atomic E-state index is 0.0971. The molecule has 1 aliphatic heterocycles. The summed E-state index contributed by atoms with van der Waals surface area (Å²) in [5, 5.41) is 10.9. The van der Waals surface area contributed by atoms with Gasteiger partial charge in [0.05, 0.1) is 36.4 Å². The fourth-order valence-corrected chi connectivity index (χ4v) is 4.47. The van der Waals surface area contributed by atoms with Crippen LogP contribution in [-0.2, 0) is 16.1 Å². The number of fused-ring (bicyclic) bond motifs is 1. The van der Waals surface area contributed by atoms with Crippen LogP contribution in [0, 0.1) is 0 Å². The molecule has 1 fully saturated rings. The Balaban J connectivity index is 1.41. The number of nitrogens with two attached hydrogens (primary N) is 1. The number of rotatable bonds is 6. The molecule has 0 spiro atoms. The predicted octanol–water partition coefficient (Wildman–Crippen LogP) is 2.17. The summed E-state index contributed by atoms with van der Waals surface area (Å²) in [6.45, 7) is -0.381. The van der Waals surface area contributed by atoms with Crippen molar-refractivity contribution >= 4 is 34.3 Å². The van der Waals surface area contributed by atoms with E-state index in [0.29, 0.717) is 16.6 Å². The lowest BCUT2D eigenvalue weighted by Crippen LogP contribution is -2.44. The molecule has 3 amide bonds. The minimum atomic E-state index is -1.32. The normalized spacial score (nSPS) is 17.3. The van der Waals surface area contributed by atoms with Crippen LogP contribution >= 0.6 is 0 Å². The maximum Gasteiger partial charge on any atom is 0.250 e. The van der Waals surface area contributed by atoms with Gasteiger partial charge >= 0.3 is 0 Å². The van der Waals surface area contributed by atoms with Crippen molar-refractivity contribution in [2.24, 2.45) is 5.73 Å². The molecule has 4 aromatic rings. The van der Waals surface area contributed by atoms with Crippen LogP contribution < -0.4 is 11.1 Å². The second kappa shape index (κ2) is 9.53. The van der Waals surface area contributed by atoms with Gasteiger partial charge in [0, 0.05) is 35.3 Å². The Morgan fingerprint density at radius 3 is 2.67 bits per heavy atom. The number of anilines is 1.